The Morgan fingerprint density at radius 1 is 1.19 bits per heavy atom. The molecule has 0 aromatic heterocycles. The van der Waals surface area contributed by atoms with Crippen LogP contribution in [0.1, 0.15) is 51.1 Å². The summed E-state index contributed by atoms with van der Waals surface area (Å²) in [7, 11) is 0. The van der Waals surface area contributed by atoms with Crippen LogP contribution in [0.4, 0.5) is 0 Å². The lowest BCUT2D eigenvalue weighted by Crippen LogP contribution is -2.59. The van der Waals surface area contributed by atoms with Crippen LogP contribution in [-0.4, -0.2) is 41.5 Å². The van der Waals surface area contributed by atoms with Gasteiger partial charge in [-0.1, -0.05) is 37.1 Å². The maximum Gasteiger partial charge on any atom is 0.0406 e. The molecule has 2 aliphatic rings. The fraction of sp³-hybridized carbons (Fsp3) is 0.667. The van der Waals surface area contributed by atoms with E-state index in [1.54, 1.807) is 0 Å². The third-order valence-electron chi connectivity index (χ3n) is 5.41. The SMILES string of the molecule is CCC1CN2CCCCC2CN1C(C)c1ccc(Cl)cc1. The number of nitrogens with zero attached hydrogens (tertiary/aromatic N) is 2. The van der Waals surface area contributed by atoms with Crippen LogP contribution >= 0.6 is 11.6 Å². The van der Waals surface area contributed by atoms with E-state index >= 15 is 0 Å². The summed E-state index contributed by atoms with van der Waals surface area (Å²) in [5.74, 6) is 0. The number of piperazine rings is 1. The van der Waals surface area contributed by atoms with Crippen LogP contribution in [-0.2, 0) is 0 Å². The van der Waals surface area contributed by atoms with E-state index in [9.17, 15) is 0 Å². The fourth-order valence-corrected chi connectivity index (χ4v) is 4.17. The highest BCUT2D eigenvalue weighted by atomic mass is 35.5. The Morgan fingerprint density at radius 2 is 1.95 bits per heavy atom. The van der Waals surface area contributed by atoms with Gasteiger partial charge in [-0.25, -0.2) is 0 Å². The fourth-order valence-electron chi connectivity index (χ4n) is 4.05. The van der Waals surface area contributed by atoms with Gasteiger partial charge in [0.1, 0.15) is 0 Å². The van der Waals surface area contributed by atoms with E-state index in [-0.39, 0.29) is 0 Å². The Balaban J connectivity index is 1.76. The number of benzene rings is 1. The number of halogens is 1. The lowest BCUT2D eigenvalue weighted by Gasteiger charge is -2.50. The second kappa shape index (κ2) is 6.68. The zero-order chi connectivity index (χ0) is 14.8. The second-order valence-corrected chi connectivity index (χ2v) is 7.07. The molecule has 0 aliphatic carbocycles. The number of fused-ring (bicyclic) bond motifs is 1. The van der Waals surface area contributed by atoms with Crippen LogP contribution in [0.3, 0.4) is 0 Å². The van der Waals surface area contributed by atoms with Crippen molar-refractivity contribution in [3.05, 3.63) is 34.9 Å². The molecule has 0 radical (unpaired) electrons. The largest absolute Gasteiger partial charge is 0.298 e. The van der Waals surface area contributed by atoms with Gasteiger partial charge in [0.15, 0.2) is 0 Å². The molecule has 21 heavy (non-hydrogen) atoms. The van der Waals surface area contributed by atoms with Crippen molar-refractivity contribution in [1.29, 1.82) is 0 Å². The van der Waals surface area contributed by atoms with Crippen molar-refractivity contribution in [2.24, 2.45) is 0 Å². The summed E-state index contributed by atoms with van der Waals surface area (Å²) in [6.45, 7) is 8.46. The molecule has 3 unspecified atom stereocenters. The molecule has 1 aromatic rings. The van der Waals surface area contributed by atoms with Crippen LogP contribution in [0, 0.1) is 0 Å². The van der Waals surface area contributed by atoms with E-state index in [0.717, 1.165) is 11.1 Å². The average Bonchev–Trinajstić information content (AvgIpc) is 2.53. The zero-order valence-electron chi connectivity index (χ0n) is 13.3. The molecule has 0 spiro atoms. The Labute approximate surface area is 134 Å². The summed E-state index contributed by atoms with van der Waals surface area (Å²) in [4.78, 5) is 5.47. The first-order valence-electron chi connectivity index (χ1n) is 8.44. The summed E-state index contributed by atoms with van der Waals surface area (Å²) in [6, 6.07) is 10.4. The molecule has 2 saturated heterocycles. The van der Waals surface area contributed by atoms with E-state index in [1.165, 1.54) is 50.9 Å². The van der Waals surface area contributed by atoms with Gasteiger partial charge in [0.2, 0.25) is 0 Å². The molecule has 0 N–H and O–H groups in total. The molecule has 3 heteroatoms. The van der Waals surface area contributed by atoms with Gasteiger partial charge in [0, 0.05) is 36.2 Å². The van der Waals surface area contributed by atoms with E-state index in [2.05, 4.69) is 35.8 Å². The monoisotopic (exact) mass is 306 g/mol. The summed E-state index contributed by atoms with van der Waals surface area (Å²) in [5.41, 5.74) is 1.39. The van der Waals surface area contributed by atoms with E-state index in [1.807, 2.05) is 12.1 Å². The maximum atomic E-state index is 6.03. The normalized spacial score (nSPS) is 29.1. The minimum atomic E-state index is 0.483. The smallest absolute Gasteiger partial charge is 0.0406 e. The van der Waals surface area contributed by atoms with Crippen molar-refractivity contribution in [3.8, 4) is 0 Å². The quantitative estimate of drug-likeness (QED) is 0.819. The zero-order valence-corrected chi connectivity index (χ0v) is 14.0. The highest BCUT2D eigenvalue weighted by molar-refractivity contribution is 6.30. The average molecular weight is 307 g/mol. The van der Waals surface area contributed by atoms with Crippen LogP contribution in [0.25, 0.3) is 0 Å². The Kier molecular flexibility index (Phi) is 4.88. The van der Waals surface area contributed by atoms with Crippen molar-refractivity contribution < 1.29 is 0 Å². The second-order valence-electron chi connectivity index (χ2n) is 6.63. The predicted octanol–water partition coefficient (Wildman–Crippen LogP) is 4.35. The van der Waals surface area contributed by atoms with Crippen molar-refractivity contribution in [2.45, 2.75) is 57.7 Å². The van der Waals surface area contributed by atoms with Gasteiger partial charge in [-0.2, -0.15) is 0 Å². The summed E-state index contributed by atoms with van der Waals surface area (Å²) in [5, 5.41) is 0.829. The molecule has 2 aliphatic heterocycles. The van der Waals surface area contributed by atoms with Crippen LogP contribution in [0.5, 0.6) is 0 Å². The first kappa shape index (κ1) is 15.3. The standard InChI is InChI=1S/C18H27ClN2/c1-3-17-12-20-11-5-4-6-18(20)13-21(17)14(2)15-7-9-16(19)10-8-15/h7-10,14,17-18H,3-6,11-13H2,1-2H3. The molecule has 3 atom stereocenters. The molecular formula is C18H27ClN2. The Hall–Kier alpha value is -0.570. The van der Waals surface area contributed by atoms with Gasteiger partial charge in [0.05, 0.1) is 0 Å². The molecule has 3 rings (SSSR count). The summed E-state index contributed by atoms with van der Waals surface area (Å²) < 4.78 is 0. The first-order chi connectivity index (χ1) is 10.2. The van der Waals surface area contributed by atoms with Crippen molar-refractivity contribution in [3.63, 3.8) is 0 Å². The predicted molar refractivity (Wildman–Crippen MR) is 89.9 cm³/mol. The molecule has 2 fully saturated rings. The van der Waals surface area contributed by atoms with Crippen LogP contribution in [0.15, 0.2) is 24.3 Å². The molecular weight excluding hydrogens is 280 g/mol. The first-order valence-corrected chi connectivity index (χ1v) is 8.82. The van der Waals surface area contributed by atoms with Gasteiger partial charge in [0.25, 0.3) is 0 Å². The minimum Gasteiger partial charge on any atom is -0.298 e. The van der Waals surface area contributed by atoms with Gasteiger partial charge in [-0.15, -0.1) is 0 Å². The van der Waals surface area contributed by atoms with E-state index < -0.39 is 0 Å². The van der Waals surface area contributed by atoms with Gasteiger partial charge >= 0.3 is 0 Å². The minimum absolute atomic E-state index is 0.483. The summed E-state index contributed by atoms with van der Waals surface area (Å²) >= 11 is 6.03. The van der Waals surface area contributed by atoms with Crippen molar-refractivity contribution in [2.75, 3.05) is 19.6 Å². The highest BCUT2D eigenvalue weighted by Gasteiger charge is 2.36. The molecule has 0 bridgehead atoms. The van der Waals surface area contributed by atoms with Crippen LogP contribution in [0.2, 0.25) is 5.02 Å². The molecule has 116 valence electrons. The van der Waals surface area contributed by atoms with Gasteiger partial charge in [-0.3, -0.25) is 9.80 Å². The lowest BCUT2D eigenvalue weighted by molar-refractivity contribution is -0.0123. The summed E-state index contributed by atoms with van der Waals surface area (Å²) in [6.07, 6.45) is 5.40. The third-order valence-corrected chi connectivity index (χ3v) is 5.66. The molecule has 1 aromatic carbocycles. The molecule has 0 saturated carbocycles. The molecule has 2 heterocycles. The topological polar surface area (TPSA) is 6.48 Å². The van der Waals surface area contributed by atoms with Gasteiger partial charge < -0.3 is 0 Å². The maximum absolute atomic E-state index is 6.03. The number of hydrogen-bond acceptors (Lipinski definition) is 2. The Bertz CT molecular complexity index is 459. The van der Waals surface area contributed by atoms with Gasteiger partial charge in [-0.05, 0) is 50.4 Å². The Morgan fingerprint density at radius 3 is 2.67 bits per heavy atom. The number of hydrogen-bond donors (Lipinski definition) is 0. The van der Waals surface area contributed by atoms with E-state index in [4.69, 9.17) is 11.6 Å². The van der Waals surface area contributed by atoms with Crippen molar-refractivity contribution in [1.82, 2.24) is 9.80 Å². The number of rotatable bonds is 3. The molecule has 2 nitrogen and oxygen atoms in total. The molecule has 0 amide bonds. The van der Waals surface area contributed by atoms with E-state index in [0.29, 0.717) is 12.1 Å². The van der Waals surface area contributed by atoms with Crippen molar-refractivity contribution >= 4 is 11.6 Å². The highest BCUT2D eigenvalue weighted by Crippen LogP contribution is 2.32. The lowest BCUT2D eigenvalue weighted by atomic mass is 9.93. The van der Waals surface area contributed by atoms with Crippen LogP contribution < -0.4 is 0 Å². The number of piperidine rings is 1. The third kappa shape index (κ3) is 3.28.